The molecule has 0 bridgehead atoms. The highest BCUT2D eigenvalue weighted by atomic mass is 16.5. The minimum atomic E-state index is 0.0708. The van der Waals surface area contributed by atoms with Crippen LogP contribution in [0.1, 0.15) is 11.1 Å². The van der Waals surface area contributed by atoms with Crippen LogP contribution >= 0.6 is 0 Å². The number of nitrogens with two attached hydrogens (primary N) is 1. The maximum absolute atomic E-state index is 6.13. The maximum Gasteiger partial charge on any atom is 0.118 e. The van der Waals surface area contributed by atoms with E-state index in [9.17, 15) is 0 Å². The van der Waals surface area contributed by atoms with Crippen molar-refractivity contribution in [2.45, 2.75) is 19.1 Å². The van der Waals surface area contributed by atoms with Crippen LogP contribution in [0.5, 0.6) is 11.5 Å². The highest BCUT2D eigenvalue weighted by molar-refractivity contribution is 5.27. The van der Waals surface area contributed by atoms with Gasteiger partial charge in [0.1, 0.15) is 11.5 Å². The summed E-state index contributed by atoms with van der Waals surface area (Å²) in [6.07, 6.45) is 0. The first kappa shape index (κ1) is 18.3. The largest absolute Gasteiger partial charge is 0.497 e. The minimum Gasteiger partial charge on any atom is -0.497 e. The number of hydrogen-bond donors (Lipinski definition) is 3. The van der Waals surface area contributed by atoms with E-state index in [1.54, 1.807) is 14.2 Å². The zero-order valence-electron chi connectivity index (χ0n) is 14.4. The molecule has 0 aliphatic rings. The number of hydrogen-bond acceptors (Lipinski definition) is 5. The number of nitrogens with one attached hydrogen (secondary N) is 2. The van der Waals surface area contributed by atoms with Crippen molar-refractivity contribution in [2.24, 2.45) is 5.73 Å². The molecule has 2 aromatic rings. The molecule has 0 fully saturated rings. The van der Waals surface area contributed by atoms with Crippen LogP contribution in [-0.2, 0) is 13.1 Å². The van der Waals surface area contributed by atoms with Gasteiger partial charge in [0.2, 0.25) is 0 Å². The maximum atomic E-state index is 6.13. The summed E-state index contributed by atoms with van der Waals surface area (Å²) < 4.78 is 10.3. The number of rotatable bonds is 10. The first-order chi connectivity index (χ1) is 11.7. The molecular formula is C19H27N3O2. The van der Waals surface area contributed by atoms with Gasteiger partial charge < -0.3 is 25.8 Å². The van der Waals surface area contributed by atoms with E-state index in [2.05, 4.69) is 34.9 Å². The molecule has 0 unspecified atom stereocenters. The average Bonchev–Trinajstić information content (AvgIpc) is 2.63. The monoisotopic (exact) mass is 329 g/mol. The summed E-state index contributed by atoms with van der Waals surface area (Å²) in [6, 6.07) is 16.2. The van der Waals surface area contributed by atoms with Crippen LogP contribution in [0, 0.1) is 0 Å². The summed E-state index contributed by atoms with van der Waals surface area (Å²) in [5, 5.41) is 6.76. The second-order valence-corrected chi connectivity index (χ2v) is 5.72. The fourth-order valence-electron chi connectivity index (χ4n) is 2.36. The fourth-order valence-corrected chi connectivity index (χ4v) is 2.36. The summed E-state index contributed by atoms with van der Waals surface area (Å²) >= 11 is 0. The normalized spacial score (nSPS) is 10.8. The lowest BCUT2D eigenvalue weighted by Gasteiger charge is -2.14. The molecule has 0 saturated carbocycles. The third kappa shape index (κ3) is 6.20. The van der Waals surface area contributed by atoms with Crippen LogP contribution in [0.15, 0.2) is 48.5 Å². The van der Waals surface area contributed by atoms with Crippen LogP contribution in [0.25, 0.3) is 0 Å². The van der Waals surface area contributed by atoms with E-state index in [0.717, 1.165) is 37.7 Å². The van der Waals surface area contributed by atoms with Gasteiger partial charge in [0, 0.05) is 32.2 Å². The quantitative estimate of drug-likeness (QED) is 0.621. The number of methoxy groups -OCH3 is 2. The van der Waals surface area contributed by atoms with Gasteiger partial charge in [-0.25, -0.2) is 0 Å². The van der Waals surface area contributed by atoms with Crippen molar-refractivity contribution >= 4 is 0 Å². The molecule has 0 heterocycles. The second-order valence-electron chi connectivity index (χ2n) is 5.72. The molecule has 24 heavy (non-hydrogen) atoms. The second kappa shape index (κ2) is 9.93. The van der Waals surface area contributed by atoms with E-state index in [4.69, 9.17) is 15.2 Å². The Morgan fingerprint density at radius 1 is 0.750 bits per heavy atom. The van der Waals surface area contributed by atoms with Gasteiger partial charge in [0.15, 0.2) is 0 Å². The molecule has 0 aliphatic heterocycles. The topological polar surface area (TPSA) is 68.5 Å². The summed E-state index contributed by atoms with van der Waals surface area (Å²) in [6.45, 7) is 3.13. The smallest absolute Gasteiger partial charge is 0.118 e. The fraction of sp³-hybridized carbons (Fsp3) is 0.368. The van der Waals surface area contributed by atoms with Gasteiger partial charge >= 0.3 is 0 Å². The van der Waals surface area contributed by atoms with E-state index in [-0.39, 0.29) is 6.04 Å². The third-order valence-electron chi connectivity index (χ3n) is 3.79. The molecule has 5 heteroatoms. The van der Waals surface area contributed by atoms with E-state index in [0.29, 0.717) is 0 Å². The molecule has 130 valence electrons. The zero-order valence-corrected chi connectivity index (χ0v) is 14.4. The number of ether oxygens (including phenoxy) is 2. The van der Waals surface area contributed by atoms with E-state index in [1.807, 2.05) is 24.3 Å². The van der Waals surface area contributed by atoms with Gasteiger partial charge in [-0.05, 0) is 35.4 Å². The SMILES string of the molecule is COc1ccc(CNCC(N)CNCc2ccc(OC)cc2)cc1. The van der Waals surface area contributed by atoms with Gasteiger partial charge in [0.25, 0.3) is 0 Å². The van der Waals surface area contributed by atoms with Crippen molar-refractivity contribution in [3.05, 3.63) is 59.7 Å². The van der Waals surface area contributed by atoms with Gasteiger partial charge in [0.05, 0.1) is 14.2 Å². The first-order valence-electron chi connectivity index (χ1n) is 8.14. The lowest BCUT2D eigenvalue weighted by atomic mass is 10.2. The van der Waals surface area contributed by atoms with Crippen molar-refractivity contribution in [1.29, 1.82) is 0 Å². The standard InChI is InChI=1S/C19H27N3O2/c1-23-18-7-3-15(4-8-18)11-21-13-17(20)14-22-12-16-5-9-19(24-2)10-6-16/h3-10,17,21-22H,11-14,20H2,1-2H3. The lowest BCUT2D eigenvalue weighted by Crippen LogP contribution is -2.41. The summed E-state index contributed by atoms with van der Waals surface area (Å²) in [5.74, 6) is 1.75. The first-order valence-corrected chi connectivity index (χ1v) is 8.14. The highest BCUT2D eigenvalue weighted by Crippen LogP contribution is 2.11. The predicted octanol–water partition coefficient (Wildman–Crippen LogP) is 1.91. The molecule has 0 aliphatic carbocycles. The van der Waals surface area contributed by atoms with Crippen molar-refractivity contribution < 1.29 is 9.47 Å². The average molecular weight is 329 g/mol. The van der Waals surface area contributed by atoms with Crippen LogP contribution in [0.4, 0.5) is 0 Å². The Labute approximate surface area is 144 Å². The molecule has 2 rings (SSSR count). The number of benzene rings is 2. The molecule has 2 aromatic carbocycles. The molecule has 0 radical (unpaired) electrons. The van der Waals surface area contributed by atoms with Crippen molar-refractivity contribution in [3.8, 4) is 11.5 Å². The lowest BCUT2D eigenvalue weighted by molar-refractivity contribution is 0.414. The summed E-state index contributed by atoms with van der Waals surface area (Å²) in [7, 11) is 3.34. The molecule has 0 atom stereocenters. The van der Waals surface area contributed by atoms with Crippen molar-refractivity contribution in [1.82, 2.24) is 10.6 Å². The molecule has 0 saturated heterocycles. The molecule has 0 amide bonds. The molecule has 0 spiro atoms. The third-order valence-corrected chi connectivity index (χ3v) is 3.79. The minimum absolute atomic E-state index is 0.0708. The Balaban J connectivity index is 1.61. The summed E-state index contributed by atoms with van der Waals surface area (Å²) in [5.41, 5.74) is 8.56. The Bertz CT molecular complexity index is 531. The molecular weight excluding hydrogens is 302 g/mol. The van der Waals surface area contributed by atoms with Gasteiger partial charge in [-0.1, -0.05) is 24.3 Å². The van der Waals surface area contributed by atoms with Gasteiger partial charge in [-0.2, -0.15) is 0 Å². The Kier molecular flexibility index (Phi) is 7.55. The molecule has 5 nitrogen and oxygen atoms in total. The Morgan fingerprint density at radius 3 is 1.46 bits per heavy atom. The van der Waals surface area contributed by atoms with Crippen LogP contribution in [-0.4, -0.2) is 33.4 Å². The molecule has 4 N–H and O–H groups in total. The van der Waals surface area contributed by atoms with Gasteiger partial charge in [-0.3, -0.25) is 0 Å². The van der Waals surface area contributed by atoms with Crippen LogP contribution < -0.4 is 25.8 Å². The van der Waals surface area contributed by atoms with Gasteiger partial charge in [-0.15, -0.1) is 0 Å². The van der Waals surface area contributed by atoms with Crippen LogP contribution in [0.3, 0.4) is 0 Å². The van der Waals surface area contributed by atoms with Crippen LogP contribution in [0.2, 0.25) is 0 Å². The Hall–Kier alpha value is -2.08. The van der Waals surface area contributed by atoms with E-state index >= 15 is 0 Å². The van der Waals surface area contributed by atoms with E-state index < -0.39 is 0 Å². The summed E-state index contributed by atoms with van der Waals surface area (Å²) in [4.78, 5) is 0. The van der Waals surface area contributed by atoms with Crippen molar-refractivity contribution in [2.75, 3.05) is 27.3 Å². The predicted molar refractivity (Wildman–Crippen MR) is 97.4 cm³/mol. The molecule has 0 aromatic heterocycles. The van der Waals surface area contributed by atoms with Crippen molar-refractivity contribution in [3.63, 3.8) is 0 Å². The highest BCUT2D eigenvalue weighted by Gasteiger charge is 2.02. The Morgan fingerprint density at radius 2 is 1.12 bits per heavy atom. The van der Waals surface area contributed by atoms with E-state index in [1.165, 1.54) is 11.1 Å². The zero-order chi connectivity index (χ0) is 17.2.